The Morgan fingerprint density at radius 1 is 1.23 bits per heavy atom. The largest absolute Gasteiger partial charge is 0.324 e. The van der Waals surface area contributed by atoms with Gasteiger partial charge in [-0.15, -0.1) is 0 Å². The first-order valence-electron chi connectivity index (χ1n) is 4.37. The highest BCUT2D eigenvalue weighted by Gasteiger charge is 2.03. The average molecular weight is 172 g/mol. The molecule has 1 aromatic carbocycles. The maximum Gasteiger partial charge on any atom is 0.0346 e. The Balaban J connectivity index is 2.76. The number of aromatic nitrogens is 1. The third kappa shape index (κ3) is 1.40. The smallest absolute Gasteiger partial charge is 0.0346 e. The number of pyridine rings is 1. The number of nitrogens with two attached hydrogens (primary N) is 1. The quantitative estimate of drug-likeness (QED) is 0.716. The molecular weight excluding hydrogens is 160 g/mol. The summed E-state index contributed by atoms with van der Waals surface area (Å²) in [5.41, 5.74) is 6.95. The molecule has 66 valence electrons. The Bertz CT molecular complexity index is 416. The van der Waals surface area contributed by atoms with E-state index in [2.05, 4.69) is 11.1 Å². The third-order valence-electron chi connectivity index (χ3n) is 2.19. The van der Waals surface area contributed by atoms with Gasteiger partial charge in [0.05, 0.1) is 0 Å². The molecule has 0 radical (unpaired) electrons. The van der Waals surface area contributed by atoms with Gasteiger partial charge in [-0.1, -0.05) is 24.3 Å². The molecule has 2 N–H and O–H groups in total. The van der Waals surface area contributed by atoms with Gasteiger partial charge in [0.2, 0.25) is 0 Å². The zero-order valence-electron chi connectivity index (χ0n) is 7.57. The minimum Gasteiger partial charge on any atom is -0.324 e. The van der Waals surface area contributed by atoms with E-state index < -0.39 is 0 Å². The fourth-order valence-electron chi connectivity index (χ4n) is 1.50. The molecule has 1 heterocycles. The molecule has 0 spiro atoms. The molecule has 2 nitrogen and oxygen atoms in total. The molecule has 13 heavy (non-hydrogen) atoms. The summed E-state index contributed by atoms with van der Waals surface area (Å²) in [5.74, 6) is 0. The average Bonchev–Trinajstić information content (AvgIpc) is 2.17. The van der Waals surface area contributed by atoms with Crippen molar-refractivity contribution in [2.75, 3.05) is 0 Å². The molecule has 2 heteroatoms. The van der Waals surface area contributed by atoms with Gasteiger partial charge >= 0.3 is 0 Å². The van der Waals surface area contributed by atoms with E-state index >= 15 is 0 Å². The van der Waals surface area contributed by atoms with Crippen LogP contribution in [0, 0.1) is 0 Å². The third-order valence-corrected chi connectivity index (χ3v) is 2.19. The Morgan fingerprint density at radius 3 is 2.77 bits per heavy atom. The van der Waals surface area contributed by atoms with E-state index in [9.17, 15) is 0 Å². The second kappa shape index (κ2) is 3.15. The lowest BCUT2D eigenvalue weighted by atomic mass is 10.0. The highest BCUT2D eigenvalue weighted by Crippen LogP contribution is 2.20. The number of nitrogens with zero attached hydrogens (tertiary/aromatic N) is 1. The van der Waals surface area contributed by atoms with E-state index in [1.54, 1.807) is 0 Å². The van der Waals surface area contributed by atoms with E-state index in [4.69, 9.17) is 5.73 Å². The summed E-state index contributed by atoms with van der Waals surface area (Å²) in [5, 5.41) is 2.35. The van der Waals surface area contributed by atoms with Crippen molar-refractivity contribution in [2.45, 2.75) is 13.0 Å². The lowest BCUT2D eigenvalue weighted by molar-refractivity contribution is 0.821. The van der Waals surface area contributed by atoms with Crippen LogP contribution in [0.4, 0.5) is 0 Å². The summed E-state index contributed by atoms with van der Waals surface area (Å²) in [6, 6.07) is 8.20. The lowest BCUT2D eigenvalue weighted by Gasteiger charge is -2.08. The summed E-state index contributed by atoms with van der Waals surface area (Å²) in [6.45, 7) is 1.98. The molecule has 0 saturated heterocycles. The van der Waals surface area contributed by atoms with Crippen LogP contribution in [0.5, 0.6) is 0 Å². The van der Waals surface area contributed by atoms with Gasteiger partial charge in [0.15, 0.2) is 0 Å². The van der Waals surface area contributed by atoms with E-state index in [1.165, 1.54) is 5.39 Å². The molecule has 1 atom stereocenters. The van der Waals surface area contributed by atoms with Crippen LogP contribution in [0.2, 0.25) is 0 Å². The van der Waals surface area contributed by atoms with Crippen molar-refractivity contribution < 1.29 is 0 Å². The van der Waals surface area contributed by atoms with Gasteiger partial charge < -0.3 is 5.73 Å². The summed E-state index contributed by atoms with van der Waals surface area (Å²) in [6.07, 6.45) is 3.70. The molecule has 0 saturated carbocycles. The minimum absolute atomic E-state index is 0.0404. The predicted octanol–water partition coefficient (Wildman–Crippen LogP) is 2.25. The number of hydrogen-bond acceptors (Lipinski definition) is 2. The number of hydrogen-bond donors (Lipinski definition) is 1. The van der Waals surface area contributed by atoms with Crippen LogP contribution in [0.25, 0.3) is 10.8 Å². The van der Waals surface area contributed by atoms with Crippen molar-refractivity contribution in [3.63, 3.8) is 0 Å². The zero-order chi connectivity index (χ0) is 9.26. The fourth-order valence-corrected chi connectivity index (χ4v) is 1.50. The summed E-state index contributed by atoms with van der Waals surface area (Å²) < 4.78 is 0. The van der Waals surface area contributed by atoms with E-state index in [0.29, 0.717) is 0 Å². The molecular formula is C11H12N2. The Morgan fingerprint density at radius 2 is 2.00 bits per heavy atom. The van der Waals surface area contributed by atoms with E-state index in [0.717, 1.165) is 10.9 Å². The summed E-state index contributed by atoms with van der Waals surface area (Å²) >= 11 is 0. The molecule has 0 aliphatic carbocycles. The standard InChI is InChI=1S/C11H12N2/c1-8(12)11-7-13-6-9-4-2-3-5-10(9)11/h2-8H,12H2,1H3/t8-/m1/s1. The van der Waals surface area contributed by atoms with Crippen molar-refractivity contribution in [1.82, 2.24) is 4.98 Å². The second-order valence-corrected chi connectivity index (χ2v) is 3.24. The number of fused-ring (bicyclic) bond motifs is 1. The summed E-state index contributed by atoms with van der Waals surface area (Å²) in [7, 11) is 0. The normalized spacial score (nSPS) is 13.1. The SMILES string of the molecule is C[C@@H](N)c1cncc2ccccc12. The second-order valence-electron chi connectivity index (χ2n) is 3.24. The fraction of sp³-hybridized carbons (Fsp3) is 0.182. The van der Waals surface area contributed by atoms with Gasteiger partial charge in [0, 0.05) is 23.8 Å². The van der Waals surface area contributed by atoms with Gasteiger partial charge in [-0.3, -0.25) is 4.98 Å². The first-order valence-corrected chi connectivity index (χ1v) is 4.37. The van der Waals surface area contributed by atoms with Crippen LogP contribution in [0.1, 0.15) is 18.5 Å². The molecule has 0 aliphatic heterocycles. The van der Waals surface area contributed by atoms with Crippen LogP contribution in [-0.4, -0.2) is 4.98 Å². The molecule has 2 aromatic rings. The van der Waals surface area contributed by atoms with Crippen LogP contribution in [-0.2, 0) is 0 Å². The maximum absolute atomic E-state index is 5.84. The van der Waals surface area contributed by atoms with Crippen LogP contribution in [0.15, 0.2) is 36.7 Å². The molecule has 2 rings (SSSR count). The van der Waals surface area contributed by atoms with Gasteiger partial charge in [-0.2, -0.15) is 0 Å². The molecule has 1 aromatic heterocycles. The van der Waals surface area contributed by atoms with Crippen molar-refractivity contribution in [2.24, 2.45) is 5.73 Å². The van der Waals surface area contributed by atoms with Crippen LogP contribution >= 0.6 is 0 Å². The monoisotopic (exact) mass is 172 g/mol. The lowest BCUT2D eigenvalue weighted by Crippen LogP contribution is -2.05. The Labute approximate surface area is 77.4 Å². The predicted molar refractivity (Wildman–Crippen MR) is 54.3 cm³/mol. The molecule has 0 fully saturated rings. The van der Waals surface area contributed by atoms with Crippen molar-refractivity contribution in [3.8, 4) is 0 Å². The molecule has 0 unspecified atom stereocenters. The Hall–Kier alpha value is -1.41. The molecule has 0 amide bonds. The van der Waals surface area contributed by atoms with Crippen LogP contribution in [0.3, 0.4) is 0 Å². The molecule has 0 aliphatic rings. The maximum atomic E-state index is 5.84. The highest BCUT2D eigenvalue weighted by atomic mass is 14.7. The number of benzene rings is 1. The van der Waals surface area contributed by atoms with Gasteiger partial charge in [-0.05, 0) is 17.9 Å². The first-order chi connectivity index (χ1) is 6.29. The minimum atomic E-state index is 0.0404. The summed E-state index contributed by atoms with van der Waals surface area (Å²) in [4.78, 5) is 4.15. The highest BCUT2D eigenvalue weighted by molar-refractivity contribution is 5.84. The van der Waals surface area contributed by atoms with Crippen LogP contribution < -0.4 is 5.73 Å². The van der Waals surface area contributed by atoms with Gasteiger partial charge in [0.25, 0.3) is 0 Å². The first kappa shape index (κ1) is 8.20. The van der Waals surface area contributed by atoms with E-state index in [1.807, 2.05) is 37.5 Å². The number of rotatable bonds is 1. The molecule has 0 bridgehead atoms. The van der Waals surface area contributed by atoms with Crippen molar-refractivity contribution in [1.29, 1.82) is 0 Å². The van der Waals surface area contributed by atoms with Gasteiger partial charge in [0.1, 0.15) is 0 Å². The van der Waals surface area contributed by atoms with E-state index in [-0.39, 0.29) is 6.04 Å². The van der Waals surface area contributed by atoms with Crippen molar-refractivity contribution in [3.05, 3.63) is 42.2 Å². The van der Waals surface area contributed by atoms with Crippen molar-refractivity contribution >= 4 is 10.8 Å². The zero-order valence-corrected chi connectivity index (χ0v) is 7.57. The van der Waals surface area contributed by atoms with Gasteiger partial charge in [-0.25, -0.2) is 0 Å². The Kier molecular flexibility index (Phi) is 1.99. The topological polar surface area (TPSA) is 38.9 Å².